The summed E-state index contributed by atoms with van der Waals surface area (Å²) < 4.78 is 10.6. The molecule has 134 valence electrons. The van der Waals surface area contributed by atoms with E-state index in [-0.39, 0.29) is 5.91 Å². The van der Waals surface area contributed by atoms with Crippen LogP contribution in [0.3, 0.4) is 0 Å². The standard InChI is InChI=1S/C19H17ClN2O3S/c1-24-10-11-25-17-5-3-2-4-15(17)18(23)22-19-21-16(12-26-19)13-6-8-14(20)9-7-13/h2-9,12H,10-11H2,1H3,(H,21,22,23). The van der Waals surface area contributed by atoms with Crippen LogP contribution in [-0.4, -0.2) is 31.2 Å². The minimum Gasteiger partial charge on any atom is -0.490 e. The summed E-state index contributed by atoms with van der Waals surface area (Å²) in [6.45, 7) is 0.825. The van der Waals surface area contributed by atoms with Gasteiger partial charge in [-0.15, -0.1) is 11.3 Å². The Hall–Kier alpha value is -2.41. The summed E-state index contributed by atoms with van der Waals surface area (Å²) >= 11 is 7.27. The van der Waals surface area contributed by atoms with Gasteiger partial charge in [0, 0.05) is 23.1 Å². The number of hydrogen-bond acceptors (Lipinski definition) is 5. The number of nitrogens with zero attached hydrogens (tertiary/aromatic N) is 1. The highest BCUT2D eigenvalue weighted by Gasteiger charge is 2.14. The number of halogens is 1. The van der Waals surface area contributed by atoms with E-state index in [9.17, 15) is 4.79 Å². The minimum atomic E-state index is -0.268. The van der Waals surface area contributed by atoms with Gasteiger partial charge in [0.25, 0.3) is 5.91 Å². The number of anilines is 1. The Morgan fingerprint density at radius 1 is 1.15 bits per heavy atom. The van der Waals surface area contributed by atoms with Gasteiger partial charge in [-0.25, -0.2) is 4.98 Å². The van der Waals surface area contributed by atoms with Crippen molar-refractivity contribution in [3.05, 3.63) is 64.5 Å². The zero-order chi connectivity index (χ0) is 18.4. The number of ether oxygens (including phenoxy) is 2. The number of amides is 1. The number of carbonyl (C=O) groups is 1. The number of nitrogens with one attached hydrogen (secondary N) is 1. The van der Waals surface area contributed by atoms with Crippen molar-refractivity contribution in [1.29, 1.82) is 0 Å². The molecule has 0 saturated heterocycles. The molecular weight excluding hydrogens is 372 g/mol. The molecule has 5 nitrogen and oxygen atoms in total. The first-order valence-corrected chi connectivity index (χ1v) is 9.16. The van der Waals surface area contributed by atoms with Gasteiger partial charge in [0.05, 0.1) is 17.9 Å². The maximum atomic E-state index is 12.6. The summed E-state index contributed by atoms with van der Waals surface area (Å²) in [7, 11) is 1.60. The lowest BCUT2D eigenvalue weighted by atomic mass is 10.2. The second kappa shape index (κ2) is 8.80. The molecule has 3 aromatic rings. The summed E-state index contributed by atoms with van der Waals surface area (Å²) in [5.41, 5.74) is 2.17. The molecular formula is C19H17ClN2O3S. The topological polar surface area (TPSA) is 60.5 Å². The number of para-hydroxylation sites is 1. The molecule has 1 heterocycles. The molecule has 0 bridgehead atoms. The molecule has 2 aromatic carbocycles. The maximum absolute atomic E-state index is 12.6. The molecule has 0 saturated carbocycles. The lowest BCUT2D eigenvalue weighted by Gasteiger charge is -2.10. The fraction of sp³-hybridized carbons (Fsp3) is 0.158. The van der Waals surface area contributed by atoms with Crippen LogP contribution in [-0.2, 0) is 4.74 Å². The van der Waals surface area contributed by atoms with Gasteiger partial charge in [-0.3, -0.25) is 10.1 Å². The Bertz CT molecular complexity index is 881. The Labute approximate surface area is 160 Å². The number of carbonyl (C=O) groups excluding carboxylic acids is 1. The zero-order valence-corrected chi connectivity index (χ0v) is 15.6. The van der Waals surface area contributed by atoms with Crippen molar-refractivity contribution >= 4 is 34.0 Å². The molecule has 0 aliphatic rings. The average molecular weight is 389 g/mol. The van der Waals surface area contributed by atoms with Crippen LogP contribution in [0.25, 0.3) is 11.3 Å². The summed E-state index contributed by atoms with van der Waals surface area (Å²) in [5, 5.41) is 5.90. The van der Waals surface area contributed by atoms with Gasteiger partial charge >= 0.3 is 0 Å². The molecule has 1 amide bonds. The second-order valence-electron chi connectivity index (χ2n) is 5.34. The summed E-state index contributed by atoms with van der Waals surface area (Å²) in [6.07, 6.45) is 0. The van der Waals surface area contributed by atoms with Gasteiger partial charge in [0.1, 0.15) is 12.4 Å². The van der Waals surface area contributed by atoms with E-state index in [1.807, 2.05) is 35.7 Å². The van der Waals surface area contributed by atoms with Crippen LogP contribution < -0.4 is 10.1 Å². The van der Waals surface area contributed by atoms with Gasteiger partial charge in [0.2, 0.25) is 0 Å². The van der Waals surface area contributed by atoms with E-state index < -0.39 is 0 Å². The third kappa shape index (κ3) is 4.60. The number of hydrogen-bond donors (Lipinski definition) is 1. The summed E-state index contributed by atoms with van der Waals surface area (Å²) in [6, 6.07) is 14.5. The Morgan fingerprint density at radius 3 is 2.69 bits per heavy atom. The van der Waals surface area contributed by atoms with Crippen LogP contribution >= 0.6 is 22.9 Å². The van der Waals surface area contributed by atoms with Crippen LogP contribution in [0.5, 0.6) is 5.75 Å². The van der Waals surface area contributed by atoms with Crippen molar-refractivity contribution in [1.82, 2.24) is 4.98 Å². The fourth-order valence-corrected chi connectivity index (χ4v) is 3.10. The van der Waals surface area contributed by atoms with E-state index >= 15 is 0 Å². The quantitative estimate of drug-likeness (QED) is 0.594. The predicted octanol–water partition coefficient (Wildman–Crippen LogP) is 4.74. The van der Waals surface area contributed by atoms with Crippen LogP contribution in [0, 0.1) is 0 Å². The first kappa shape index (κ1) is 18.4. The molecule has 0 atom stereocenters. The van der Waals surface area contributed by atoms with E-state index in [4.69, 9.17) is 21.1 Å². The van der Waals surface area contributed by atoms with Crippen LogP contribution in [0.15, 0.2) is 53.9 Å². The minimum absolute atomic E-state index is 0.268. The average Bonchev–Trinajstić information content (AvgIpc) is 3.11. The van der Waals surface area contributed by atoms with Gasteiger partial charge in [-0.2, -0.15) is 0 Å². The second-order valence-corrected chi connectivity index (χ2v) is 6.63. The summed E-state index contributed by atoms with van der Waals surface area (Å²) in [5.74, 6) is 0.242. The van der Waals surface area contributed by atoms with Crippen molar-refractivity contribution in [3.8, 4) is 17.0 Å². The number of thiazole rings is 1. The number of rotatable bonds is 7. The van der Waals surface area contributed by atoms with Crippen molar-refractivity contribution in [3.63, 3.8) is 0 Å². The fourth-order valence-electron chi connectivity index (χ4n) is 2.26. The number of benzene rings is 2. The van der Waals surface area contributed by atoms with E-state index in [1.165, 1.54) is 11.3 Å². The Kier molecular flexibility index (Phi) is 6.22. The maximum Gasteiger partial charge on any atom is 0.261 e. The van der Waals surface area contributed by atoms with Gasteiger partial charge in [0.15, 0.2) is 5.13 Å². The van der Waals surface area contributed by atoms with Gasteiger partial charge in [-0.05, 0) is 24.3 Å². The molecule has 0 unspecified atom stereocenters. The highest BCUT2D eigenvalue weighted by Crippen LogP contribution is 2.27. The third-order valence-corrected chi connectivity index (χ3v) is 4.55. The molecule has 7 heteroatoms. The highest BCUT2D eigenvalue weighted by molar-refractivity contribution is 7.14. The smallest absolute Gasteiger partial charge is 0.261 e. The Balaban J connectivity index is 1.72. The van der Waals surface area contributed by atoms with Gasteiger partial charge < -0.3 is 9.47 Å². The van der Waals surface area contributed by atoms with E-state index in [1.54, 1.807) is 25.3 Å². The van der Waals surface area contributed by atoms with Gasteiger partial charge in [-0.1, -0.05) is 35.9 Å². The summed E-state index contributed by atoms with van der Waals surface area (Å²) in [4.78, 5) is 17.0. The molecule has 0 spiro atoms. The Morgan fingerprint density at radius 2 is 1.92 bits per heavy atom. The molecule has 26 heavy (non-hydrogen) atoms. The molecule has 0 aliphatic heterocycles. The number of methoxy groups -OCH3 is 1. The SMILES string of the molecule is COCCOc1ccccc1C(=O)Nc1nc(-c2ccc(Cl)cc2)cs1. The molecule has 0 fully saturated rings. The highest BCUT2D eigenvalue weighted by atomic mass is 35.5. The van der Waals surface area contributed by atoms with Crippen LogP contribution in [0.4, 0.5) is 5.13 Å². The number of aromatic nitrogens is 1. The van der Waals surface area contributed by atoms with Crippen LogP contribution in [0.1, 0.15) is 10.4 Å². The van der Waals surface area contributed by atoms with Crippen molar-refractivity contribution in [2.75, 3.05) is 25.6 Å². The van der Waals surface area contributed by atoms with Crippen molar-refractivity contribution in [2.24, 2.45) is 0 Å². The zero-order valence-electron chi connectivity index (χ0n) is 14.1. The normalized spacial score (nSPS) is 10.5. The van der Waals surface area contributed by atoms with E-state index in [0.29, 0.717) is 34.7 Å². The molecule has 0 radical (unpaired) electrons. The van der Waals surface area contributed by atoms with Crippen LogP contribution in [0.2, 0.25) is 5.02 Å². The lowest BCUT2D eigenvalue weighted by Crippen LogP contribution is -2.14. The monoisotopic (exact) mass is 388 g/mol. The van der Waals surface area contributed by atoms with Crippen molar-refractivity contribution in [2.45, 2.75) is 0 Å². The molecule has 1 N–H and O–H groups in total. The lowest BCUT2D eigenvalue weighted by molar-refractivity contribution is 0.101. The third-order valence-electron chi connectivity index (χ3n) is 3.54. The first-order valence-electron chi connectivity index (χ1n) is 7.91. The predicted molar refractivity (Wildman–Crippen MR) is 104 cm³/mol. The van der Waals surface area contributed by atoms with Crippen molar-refractivity contribution < 1.29 is 14.3 Å². The molecule has 1 aromatic heterocycles. The first-order chi connectivity index (χ1) is 12.7. The largest absolute Gasteiger partial charge is 0.490 e. The van der Waals surface area contributed by atoms with E-state index in [2.05, 4.69) is 10.3 Å². The molecule has 0 aliphatic carbocycles. The molecule has 3 rings (SSSR count). The van der Waals surface area contributed by atoms with E-state index in [0.717, 1.165) is 11.3 Å².